The van der Waals surface area contributed by atoms with E-state index in [0.717, 1.165) is 31.6 Å². The van der Waals surface area contributed by atoms with E-state index in [4.69, 9.17) is 0 Å². The van der Waals surface area contributed by atoms with E-state index < -0.39 is 0 Å². The average Bonchev–Trinajstić information content (AvgIpc) is 3.12. The fraction of sp³-hybridized carbons (Fsp3) is 0.857. The third-order valence-electron chi connectivity index (χ3n) is 4.55. The van der Waals surface area contributed by atoms with Gasteiger partial charge in [0.15, 0.2) is 0 Å². The van der Waals surface area contributed by atoms with Gasteiger partial charge < -0.3 is 5.32 Å². The molecule has 0 aromatic rings. The maximum absolute atomic E-state index is 12.2. The van der Waals surface area contributed by atoms with E-state index in [1.807, 2.05) is 0 Å². The van der Waals surface area contributed by atoms with Gasteiger partial charge in [0.1, 0.15) is 0 Å². The molecule has 1 atom stereocenters. The van der Waals surface area contributed by atoms with Crippen LogP contribution >= 0.6 is 0 Å². The first-order valence-corrected chi connectivity index (χ1v) is 7.27. The number of amides is 2. The van der Waals surface area contributed by atoms with Crippen LogP contribution in [0, 0.1) is 5.92 Å². The van der Waals surface area contributed by atoms with E-state index in [1.54, 1.807) is 0 Å². The molecule has 0 bridgehead atoms. The third-order valence-corrected chi connectivity index (χ3v) is 4.55. The molecule has 0 radical (unpaired) electrons. The topological polar surface area (TPSA) is 49.4 Å². The van der Waals surface area contributed by atoms with Crippen molar-refractivity contribution in [3.05, 3.63) is 0 Å². The van der Waals surface area contributed by atoms with Crippen molar-refractivity contribution in [2.24, 2.45) is 5.92 Å². The molecule has 4 nitrogen and oxygen atoms in total. The summed E-state index contributed by atoms with van der Waals surface area (Å²) in [5.74, 6) is 0.872. The van der Waals surface area contributed by atoms with Gasteiger partial charge in [-0.1, -0.05) is 6.92 Å². The Labute approximate surface area is 108 Å². The van der Waals surface area contributed by atoms with Crippen LogP contribution in [0.3, 0.4) is 0 Å². The van der Waals surface area contributed by atoms with Gasteiger partial charge in [-0.15, -0.1) is 0 Å². The van der Waals surface area contributed by atoms with E-state index in [1.165, 1.54) is 17.7 Å². The van der Waals surface area contributed by atoms with Crippen LogP contribution in [0.5, 0.6) is 0 Å². The van der Waals surface area contributed by atoms with Gasteiger partial charge in [0.2, 0.25) is 11.8 Å². The van der Waals surface area contributed by atoms with E-state index in [2.05, 4.69) is 12.2 Å². The van der Waals surface area contributed by atoms with Crippen LogP contribution in [-0.2, 0) is 9.59 Å². The van der Waals surface area contributed by atoms with Gasteiger partial charge in [0.25, 0.3) is 0 Å². The standard InChI is InChI=1S/C14H22N2O2/c1-9-2-4-10(5-3-9)15-12-8-13(17)16(14(12)18)11-6-7-11/h9-12,15H,2-8H2,1H3. The van der Waals surface area contributed by atoms with Gasteiger partial charge >= 0.3 is 0 Å². The minimum Gasteiger partial charge on any atom is -0.303 e. The highest BCUT2D eigenvalue weighted by molar-refractivity contribution is 6.06. The molecule has 1 N–H and O–H groups in total. The summed E-state index contributed by atoms with van der Waals surface area (Å²) in [6.07, 6.45) is 7.14. The largest absolute Gasteiger partial charge is 0.303 e. The second-order valence-electron chi connectivity index (χ2n) is 6.21. The van der Waals surface area contributed by atoms with Gasteiger partial charge in [-0.2, -0.15) is 0 Å². The number of carbonyl (C=O) groups is 2. The Balaban J connectivity index is 1.57. The molecule has 3 rings (SSSR count). The first-order chi connectivity index (χ1) is 8.65. The molecule has 2 saturated carbocycles. The predicted molar refractivity (Wildman–Crippen MR) is 67.8 cm³/mol. The van der Waals surface area contributed by atoms with Crippen molar-refractivity contribution in [3.63, 3.8) is 0 Å². The van der Waals surface area contributed by atoms with Crippen molar-refractivity contribution in [3.8, 4) is 0 Å². The number of hydrogen-bond donors (Lipinski definition) is 1. The van der Waals surface area contributed by atoms with Crippen molar-refractivity contribution >= 4 is 11.8 Å². The van der Waals surface area contributed by atoms with Crippen LogP contribution in [-0.4, -0.2) is 34.8 Å². The molecule has 1 aliphatic heterocycles. The summed E-state index contributed by atoms with van der Waals surface area (Å²) in [6.45, 7) is 2.29. The number of imide groups is 1. The molecule has 1 unspecified atom stereocenters. The molecule has 0 aromatic heterocycles. The summed E-state index contributed by atoms with van der Waals surface area (Å²) in [7, 11) is 0. The lowest BCUT2D eigenvalue weighted by Gasteiger charge is -2.28. The quantitative estimate of drug-likeness (QED) is 0.771. The Kier molecular flexibility index (Phi) is 3.14. The number of likely N-dealkylation sites (tertiary alicyclic amines) is 1. The molecule has 100 valence electrons. The number of hydrogen-bond acceptors (Lipinski definition) is 3. The van der Waals surface area contributed by atoms with Crippen molar-refractivity contribution in [2.75, 3.05) is 0 Å². The van der Waals surface area contributed by atoms with Gasteiger partial charge in [0, 0.05) is 12.1 Å². The van der Waals surface area contributed by atoms with Gasteiger partial charge in [-0.25, -0.2) is 0 Å². The number of rotatable bonds is 3. The van der Waals surface area contributed by atoms with Crippen LogP contribution in [0.1, 0.15) is 51.9 Å². The zero-order valence-electron chi connectivity index (χ0n) is 11.0. The normalized spacial score (nSPS) is 37.4. The van der Waals surface area contributed by atoms with Crippen LogP contribution in [0.15, 0.2) is 0 Å². The minimum absolute atomic E-state index is 0.0288. The molecule has 4 heteroatoms. The maximum atomic E-state index is 12.2. The molecule has 2 aliphatic carbocycles. The number of nitrogens with zero attached hydrogens (tertiary/aromatic N) is 1. The maximum Gasteiger partial charge on any atom is 0.247 e. The molecule has 0 spiro atoms. The van der Waals surface area contributed by atoms with Crippen LogP contribution in [0.2, 0.25) is 0 Å². The van der Waals surface area contributed by atoms with Crippen molar-refractivity contribution in [2.45, 2.75) is 70.0 Å². The lowest BCUT2D eigenvalue weighted by molar-refractivity contribution is -0.139. The number of carbonyl (C=O) groups excluding carboxylic acids is 2. The van der Waals surface area contributed by atoms with Gasteiger partial charge in [0.05, 0.1) is 12.5 Å². The Morgan fingerprint density at radius 2 is 1.72 bits per heavy atom. The van der Waals surface area contributed by atoms with E-state index in [0.29, 0.717) is 12.5 Å². The van der Waals surface area contributed by atoms with Crippen molar-refractivity contribution < 1.29 is 9.59 Å². The molecule has 2 amide bonds. The van der Waals surface area contributed by atoms with Crippen LogP contribution < -0.4 is 5.32 Å². The van der Waals surface area contributed by atoms with Gasteiger partial charge in [-0.3, -0.25) is 14.5 Å². The number of nitrogens with one attached hydrogen (secondary N) is 1. The van der Waals surface area contributed by atoms with Gasteiger partial charge in [-0.05, 0) is 44.4 Å². The fourth-order valence-corrected chi connectivity index (χ4v) is 3.21. The van der Waals surface area contributed by atoms with E-state index in [-0.39, 0.29) is 23.9 Å². The summed E-state index contributed by atoms with van der Waals surface area (Å²) in [5, 5.41) is 3.42. The third kappa shape index (κ3) is 2.30. The van der Waals surface area contributed by atoms with Crippen molar-refractivity contribution in [1.29, 1.82) is 0 Å². The minimum atomic E-state index is -0.239. The molecule has 3 fully saturated rings. The summed E-state index contributed by atoms with van der Waals surface area (Å²) < 4.78 is 0. The van der Waals surface area contributed by atoms with Crippen LogP contribution in [0.25, 0.3) is 0 Å². The second kappa shape index (κ2) is 4.65. The highest BCUT2D eigenvalue weighted by Crippen LogP contribution is 2.32. The summed E-state index contributed by atoms with van der Waals surface area (Å²) in [6, 6.07) is 0.418. The molecular formula is C14H22N2O2. The average molecular weight is 250 g/mol. The summed E-state index contributed by atoms with van der Waals surface area (Å²) in [5.41, 5.74) is 0. The smallest absolute Gasteiger partial charge is 0.247 e. The Bertz CT molecular complexity index is 357. The lowest BCUT2D eigenvalue weighted by atomic mass is 9.87. The molecular weight excluding hydrogens is 228 g/mol. The predicted octanol–water partition coefficient (Wildman–Crippen LogP) is 1.44. The molecule has 3 aliphatic rings. The molecule has 0 aromatic carbocycles. The fourth-order valence-electron chi connectivity index (χ4n) is 3.21. The highest BCUT2D eigenvalue weighted by atomic mass is 16.2. The van der Waals surface area contributed by atoms with E-state index in [9.17, 15) is 9.59 Å². The zero-order chi connectivity index (χ0) is 12.7. The monoisotopic (exact) mass is 250 g/mol. The highest BCUT2D eigenvalue weighted by Gasteiger charge is 2.46. The molecule has 1 saturated heterocycles. The molecule has 18 heavy (non-hydrogen) atoms. The Hall–Kier alpha value is -0.900. The Morgan fingerprint density at radius 3 is 2.33 bits per heavy atom. The van der Waals surface area contributed by atoms with Crippen molar-refractivity contribution in [1.82, 2.24) is 10.2 Å². The SMILES string of the molecule is CC1CCC(NC2CC(=O)N(C3CC3)C2=O)CC1. The first kappa shape index (κ1) is 12.2. The first-order valence-electron chi connectivity index (χ1n) is 7.27. The van der Waals surface area contributed by atoms with Crippen LogP contribution in [0.4, 0.5) is 0 Å². The summed E-state index contributed by atoms with van der Waals surface area (Å²) in [4.78, 5) is 25.5. The summed E-state index contributed by atoms with van der Waals surface area (Å²) >= 11 is 0. The molecule has 1 heterocycles. The zero-order valence-corrected chi connectivity index (χ0v) is 11.0. The second-order valence-corrected chi connectivity index (χ2v) is 6.21. The Morgan fingerprint density at radius 1 is 1.06 bits per heavy atom. The lowest BCUT2D eigenvalue weighted by Crippen LogP contribution is -2.45. The van der Waals surface area contributed by atoms with E-state index >= 15 is 0 Å².